The molecule has 3 atom stereocenters. The van der Waals surface area contributed by atoms with E-state index in [1.807, 2.05) is 0 Å². The van der Waals surface area contributed by atoms with Crippen molar-refractivity contribution in [2.45, 2.75) is 95.7 Å². The molecule has 0 saturated heterocycles. The van der Waals surface area contributed by atoms with Crippen molar-refractivity contribution in [3.8, 4) is 0 Å². The summed E-state index contributed by atoms with van der Waals surface area (Å²) in [7, 11) is 0. The third-order valence-corrected chi connectivity index (χ3v) is 5.79. The van der Waals surface area contributed by atoms with Crippen LogP contribution >= 0.6 is 23.2 Å². The van der Waals surface area contributed by atoms with Gasteiger partial charge < -0.3 is 5.32 Å². The number of nitrogens with one attached hydrogen (secondary N) is 2. The Hall–Kier alpha value is 0.500. The Morgan fingerprint density at radius 1 is 1.10 bits per heavy atom. The zero-order valence-corrected chi connectivity index (χ0v) is 15.6. The molecule has 0 aliphatic heterocycles. The third-order valence-electron chi connectivity index (χ3n) is 4.26. The molecule has 0 spiro atoms. The third kappa shape index (κ3) is 3.82. The molecule has 120 valence electrons. The second-order valence-electron chi connectivity index (χ2n) is 7.74. The van der Waals surface area contributed by atoms with Gasteiger partial charge in [-0.3, -0.25) is 5.32 Å². The number of rotatable bonds is 5. The molecular formula is C16H32Cl2N2. The molecule has 4 heteroatoms. The van der Waals surface area contributed by atoms with Gasteiger partial charge in [-0.15, -0.1) is 23.2 Å². The fourth-order valence-electron chi connectivity index (χ4n) is 3.62. The summed E-state index contributed by atoms with van der Waals surface area (Å²) in [5.74, 6) is 0. The molecule has 3 unspecified atom stereocenters. The van der Waals surface area contributed by atoms with Crippen LogP contribution in [0, 0.1) is 5.41 Å². The van der Waals surface area contributed by atoms with E-state index in [0.717, 1.165) is 19.3 Å². The summed E-state index contributed by atoms with van der Waals surface area (Å²) < 4.78 is 0. The van der Waals surface area contributed by atoms with E-state index in [1.165, 1.54) is 0 Å². The highest BCUT2D eigenvalue weighted by Crippen LogP contribution is 2.53. The Bertz CT molecular complexity index is 330. The maximum absolute atomic E-state index is 7.09. The first kappa shape index (κ1) is 18.5. The Balaban J connectivity index is 3.17. The molecule has 20 heavy (non-hydrogen) atoms. The number of halogens is 2. The van der Waals surface area contributed by atoms with E-state index < -0.39 is 9.87 Å². The zero-order valence-electron chi connectivity index (χ0n) is 14.1. The van der Waals surface area contributed by atoms with Crippen LogP contribution in [0.3, 0.4) is 0 Å². The molecular weight excluding hydrogens is 291 g/mol. The average molecular weight is 323 g/mol. The molecule has 1 aliphatic carbocycles. The molecule has 0 aromatic rings. The lowest BCUT2D eigenvalue weighted by Gasteiger charge is -2.57. The second-order valence-corrected chi connectivity index (χ2v) is 9.05. The van der Waals surface area contributed by atoms with Gasteiger partial charge in [0.05, 0.1) is 4.87 Å². The van der Waals surface area contributed by atoms with Crippen molar-refractivity contribution in [1.29, 1.82) is 0 Å². The highest BCUT2D eigenvalue weighted by Gasteiger charge is 2.59. The molecule has 0 aromatic carbocycles. The lowest BCUT2D eigenvalue weighted by atomic mass is 9.65. The summed E-state index contributed by atoms with van der Waals surface area (Å²) in [4.78, 5) is -1.05. The topological polar surface area (TPSA) is 24.1 Å². The van der Waals surface area contributed by atoms with Crippen molar-refractivity contribution in [2.24, 2.45) is 5.41 Å². The summed E-state index contributed by atoms with van der Waals surface area (Å²) in [5, 5.41) is 7.20. The first-order valence-electron chi connectivity index (χ1n) is 7.87. The predicted molar refractivity (Wildman–Crippen MR) is 90.8 cm³/mol. The fourth-order valence-corrected chi connectivity index (χ4v) is 4.72. The SMILES string of the molecule is CCC1(Cl)C(NC(C)C)CC(C)(C)CC1(Cl)NC(C)C. The number of hydrogen-bond acceptors (Lipinski definition) is 2. The van der Waals surface area contributed by atoms with Gasteiger partial charge in [-0.05, 0) is 38.5 Å². The summed E-state index contributed by atoms with van der Waals surface area (Å²) in [6.07, 6.45) is 2.78. The van der Waals surface area contributed by atoms with Gasteiger partial charge in [0.1, 0.15) is 5.00 Å². The first-order chi connectivity index (χ1) is 8.96. The van der Waals surface area contributed by atoms with E-state index in [4.69, 9.17) is 23.2 Å². The number of hydrogen-bond donors (Lipinski definition) is 2. The van der Waals surface area contributed by atoms with Crippen LogP contribution in [0.2, 0.25) is 0 Å². The van der Waals surface area contributed by atoms with Crippen molar-refractivity contribution in [3.63, 3.8) is 0 Å². The largest absolute Gasteiger partial charge is 0.310 e. The van der Waals surface area contributed by atoms with Crippen molar-refractivity contribution >= 4 is 23.2 Å². The van der Waals surface area contributed by atoms with Crippen LogP contribution in [-0.4, -0.2) is 28.0 Å². The van der Waals surface area contributed by atoms with Gasteiger partial charge in [-0.1, -0.05) is 34.6 Å². The van der Waals surface area contributed by atoms with Crippen molar-refractivity contribution in [2.75, 3.05) is 0 Å². The Morgan fingerprint density at radius 2 is 1.65 bits per heavy atom. The minimum Gasteiger partial charge on any atom is -0.310 e. The van der Waals surface area contributed by atoms with Gasteiger partial charge >= 0.3 is 0 Å². The normalized spacial score (nSPS) is 37.6. The van der Waals surface area contributed by atoms with Gasteiger partial charge in [0.15, 0.2) is 0 Å². The number of alkyl halides is 2. The van der Waals surface area contributed by atoms with Gasteiger partial charge in [-0.2, -0.15) is 0 Å². The van der Waals surface area contributed by atoms with Crippen LogP contribution in [0.15, 0.2) is 0 Å². The zero-order chi connectivity index (χ0) is 15.8. The smallest absolute Gasteiger partial charge is 0.115 e. The quantitative estimate of drug-likeness (QED) is 0.575. The molecule has 1 rings (SSSR count). The predicted octanol–water partition coefficient (Wildman–Crippen LogP) is 4.49. The van der Waals surface area contributed by atoms with Crippen LogP contribution in [0.25, 0.3) is 0 Å². The van der Waals surface area contributed by atoms with Crippen LogP contribution in [0.5, 0.6) is 0 Å². The van der Waals surface area contributed by atoms with Crippen molar-refractivity contribution in [3.05, 3.63) is 0 Å². The van der Waals surface area contributed by atoms with Crippen LogP contribution < -0.4 is 10.6 Å². The maximum atomic E-state index is 7.09. The maximum Gasteiger partial charge on any atom is 0.115 e. The molecule has 0 bridgehead atoms. The van der Waals surface area contributed by atoms with E-state index in [-0.39, 0.29) is 11.5 Å². The molecule has 0 amide bonds. The van der Waals surface area contributed by atoms with E-state index in [0.29, 0.717) is 12.1 Å². The van der Waals surface area contributed by atoms with Gasteiger partial charge in [0.2, 0.25) is 0 Å². The van der Waals surface area contributed by atoms with Crippen LogP contribution in [0.4, 0.5) is 0 Å². The van der Waals surface area contributed by atoms with E-state index >= 15 is 0 Å². The van der Waals surface area contributed by atoms with Crippen LogP contribution in [0.1, 0.15) is 67.7 Å². The molecule has 0 aromatic heterocycles. The highest BCUT2D eigenvalue weighted by atomic mass is 35.5. The molecule has 2 nitrogen and oxygen atoms in total. The lowest BCUT2D eigenvalue weighted by Crippen LogP contribution is -2.71. The fraction of sp³-hybridized carbons (Fsp3) is 1.00. The Morgan fingerprint density at radius 3 is 2.05 bits per heavy atom. The molecule has 2 N–H and O–H groups in total. The van der Waals surface area contributed by atoms with Gasteiger partial charge in [0, 0.05) is 18.1 Å². The van der Waals surface area contributed by atoms with E-state index in [9.17, 15) is 0 Å². The Labute approximate surface area is 135 Å². The standard InChI is InChI=1S/C16H32Cl2N2/c1-8-15(17)13(19-11(2)3)9-14(6,7)10-16(15,18)20-12(4)5/h11-13,19-20H,8-10H2,1-7H3. The minimum atomic E-state index is -0.578. The van der Waals surface area contributed by atoms with Crippen molar-refractivity contribution in [1.82, 2.24) is 10.6 Å². The van der Waals surface area contributed by atoms with Crippen LogP contribution in [-0.2, 0) is 0 Å². The summed E-state index contributed by atoms with van der Waals surface area (Å²) in [6.45, 7) is 15.3. The molecule has 1 fully saturated rings. The first-order valence-corrected chi connectivity index (χ1v) is 8.63. The van der Waals surface area contributed by atoms with Gasteiger partial charge in [0.25, 0.3) is 0 Å². The summed E-state index contributed by atoms with van der Waals surface area (Å²) >= 11 is 14.1. The monoisotopic (exact) mass is 322 g/mol. The minimum absolute atomic E-state index is 0.170. The second kappa shape index (κ2) is 6.32. The van der Waals surface area contributed by atoms with Crippen molar-refractivity contribution < 1.29 is 0 Å². The molecule has 0 radical (unpaired) electrons. The van der Waals surface area contributed by atoms with E-state index in [1.54, 1.807) is 0 Å². The summed E-state index contributed by atoms with van der Waals surface area (Å²) in [5.41, 5.74) is 0.170. The van der Waals surface area contributed by atoms with Gasteiger partial charge in [-0.25, -0.2) is 0 Å². The molecule has 1 saturated carbocycles. The molecule has 1 aliphatic rings. The lowest BCUT2D eigenvalue weighted by molar-refractivity contribution is 0.0829. The van der Waals surface area contributed by atoms with E-state index in [2.05, 4.69) is 59.1 Å². The summed E-state index contributed by atoms with van der Waals surface area (Å²) in [6, 6.07) is 0.922. The average Bonchev–Trinajstić information content (AvgIpc) is 2.21. The molecule has 0 heterocycles. The Kier molecular flexibility index (Phi) is 5.86. The highest BCUT2D eigenvalue weighted by molar-refractivity contribution is 6.35.